The van der Waals surface area contributed by atoms with E-state index in [-0.39, 0.29) is 5.91 Å². The average Bonchev–Trinajstić information content (AvgIpc) is 2.60. The Morgan fingerprint density at radius 2 is 1.50 bits per heavy atom. The number of benzene rings is 1. The Morgan fingerprint density at radius 3 is 1.91 bits per heavy atom. The molecule has 0 radical (unpaired) electrons. The number of carbonyl (C=O) groups excluding carboxylic acids is 1. The summed E-state index contributed by atoms with van der Waals surface area (Å²) in [6.45, 7) is 1.11. The van der Waals surface area contributed by atoms with Crippen LogP contribution < -0.4 is 9.47 Å². The molecule has 0 N–H and O–H groups in total. The third kappa shape index (κ3) is 3.03. The highest BCUT2D eigenvalue weighted by molar-refractivity contribution is 5.99. The first-order valence-corrected chi connectivity index (χ1v) is 7.21. The lowest BCUT2D eigenvalue weighted by Gasteiger charge is -2.39. The van der Waals surface area contributed by atoms with E-state index in [0.29, 0.717) is 43.0 Å². The number of methoxy groups -OCH3 is 4. The van der Waals surface area contributed by atoms with Crippen LogP contribution in [0.25, 0.3) is 0 Å². The van der Waals surface area contributed by atoms with Gasteiger partial charge >= 0.3 is 0 Å². The summed E-state index contributed by atoms with van der Waals surface area (Å²) in [6.07, 6.45) is 1.26. The fraction of sp³-hybridized carbons (Fsp3) is 0.562. The van der Waals surface area contributed by atoms with Crippen LogP contribution in [0, 0.1) is 0 Å². The van der Waals surface area contributed by atoms with Crippen molar-refractivity contribution in [2.75, 3.05) is 41.5 Å². The first kappa shape index (κ1) is 16.6. The largest absolute Gasteiger partial charge is 0.496 e. The number of ether oxygens (including phenoxy) is 4. The molecule has 0 aromatic heterocycles. The fourth-order valence-electron chi connectivity index (χ4n) is 2.76. The summed E-state index contributed by atoms with van der Waals surface area (Å²) in [5.41, 5.74) is 0.454. The van der Waals surface area contributed by atoms with Crippen LogP contribution in [0.4, 0.5) is 0 Å². The Hall–Kier alpha value is -1.79. The summed E-state index contributed by atoms with van der Waals surface area (Å²) < 4.78 is 21.5. The quantitative estimate of drug-likeness (QED) is 0.778. The predicted octanol–water partition coefficient (Wildman–Crippen LogP) is 1.93. The molecule has 0 bridgehead atoms. The molecule has 2 rings (SSSR count). The first-order valence-electron chi connectivity index (χ1n) is 7.21. The molecule has 22 heavy (non-hydrogen) atoms. The van der Waals surface area contributed by atoms with Crippen molar-refractivity contribution in [3.05, 3.63) is 23.8 Å². The number of likely N-dealkylation sites (tertiary alicyclic amines) is 1. The number of amides is 1. The Kier molecular flexibility index (Phi) is 5.26. The number of piperidine rings is 1. The van der Waals surface area contributed by atoms with E-state index in [1.165, 1.54) is 0 Å². The molecule has 6 nitrogen and oxygen atoms in total. The molecule has 0 saturated carbocycles. The average molecular weight is 309 g/mol. The first-order chi connectivity index (χ1) is 10.6. The highest BCUT2D eigenvalue weighted by Gasteiger charge is 2.37. The molecular formula is C16H23NO5. The molecule has 1 aromatic carbocycles. The molecule has 0 atom stereocenters. The number of hydrogen-bond donors (Lipinski definition) is 0. The molecule has 1 fully saturated rings. The maximum atomic E-state index is 12.8. The molecule has 0 unspecified atom stereocenters. The van der Waals surface area contributed by atoms with Crippen molar-refractivity contribution in [1.29, 1.82) is 0 Å². The minimum atomic E-state index is -0.596. The van der Waals surface area contributed by atoms with Crippen LogP contribution in [0.3, 0.4) is 0 Å². The molecule has 1 aliphatic heterocycles. The van der Waals surface area contributed by atoms with Crippen molar-refractivity contribution in [2.24, 2.45) is 0 Å². The van der Waals surface area contributed by atoms with Crippen molar-refractivity contribution in [1.82, 2.24) is 4.90 Å². The van der Waals surface area contributed by atoms with Crippen LogP contribution in [0.15, 0.2) is 18.2 Å². The van der Waals surface area contributed by atoms with Crippen LogP contribution in [0.1, 0.15) is 23.2 Å². The molecule has 1 aromatic rings. The van der Waals surface area contributed by atoms with Crippen LogP contribution in [0.2, 0.25) is 0 Å². The summed E-state index contributed by atoms with van der Waals surface area (Å²) in [7, 11) is 6.35. The monoisotopic (exact) mass is 309 g/mol. The highest BCUT2D eigenvalue weighted by Crippen LogP contribution is 2.32. The maximum Gasteiger partial charge on any atom is 0.261 e. The molecule has 0 aliphatic carbocycles. The number of hydrogen-bond acceptors (Lipinski definition) is 5. The standard InChI is InChI=1S/C16H23NO5/c1-19-12-6-5-7-13(20-2)14(12)15(18)17-10-8-16(21-3,22-4)9-11-17/h5-7H,8-11H2,1-4H3. The summed E-state index contributed by atoms with van der Waals surface area (Å²) in [5, 5.41) is 0. The highest BCUT2D eigenvalue weighted by atomic mass is 16.7. The van der Waals surface area contributed by atoms with Crippen molar-refractivity contribution >= 4 is 5.91 Å². The lowest BCUT2D eigenvalue weighted by Crippen LogP contribution is -2.48. The normalized spacial score (nSPS) is 17.2. The molecule has 1 saturated heterocycles. The Morgan fingerprint density at radius 1 is 1.00 bits per heavy atom. The molecule has 1 aliphatic rings. The van der Waals surface area contributed by atoms with Crippen molar-refractivity contribution in [2.45, 2.75) is 18.6 Å². The van der Waals surface area contributed by atoms with Gasteiger partial charge in [0.2, 0.25) is 0 Å². The second kappa shape index (κ2) is 6.98. The number of carbonyl (C=O) groups is 1. The van der Waals surface area contributed by atoms with Crippen molar-refractivity contribution in [3.63, 3.8) is 0 Å². The minimum absolute atomic E-state index is 0.102. The summed E-state index contributed by atoms with van der Waals surface area (Å²) in [4.78, 5) is 14.6. The molecule has 6 heteroatoms. The van der Waals surface area contributed by atoms with Gasteiger partial charge in [-0.3, -0.25) is 4.79 Å². The van der Waals surface area contributed by atoms with Gasteiger partial charge in [-0.1, -0.05) is 6.07 Å². The number of nitrogens with zero attached hydrogens (tertiary/aromatic N) is 1. The zero-order valence-electron chi connectivity index (χ0n) is 13.5. The van der Waals surface area contributed by atoms with Crippen molar-refractivity contribution < 1.29 is 23.7 Å². The van der Waals surface area contributed by atoms with E-state index >= 15 is 0 Å². The third-order valence-electron chi connectivity index (χ3n) is 4.20. The molecule has 0 spiro atoms. The van der Waals surface area contributed by atoms with E-state index in [9.17, 15) is 4.79 Å². The van der Waals surface area contributed by atoms with E-state index in [1.54, 1.807) is 51.5 Å². The second-order valence-corrected chi connectivity index (χ2v) is 5.15. The van der Waals surface area contributed by atoms with Crippen LogP contribution in [-0.4, -0.2) is 58.1 Å². The SMILES string of the molecule is COc1cccc(OC)c1C(=O)N1CCC(OC)(OC)CC1. The smallest absolute Gasteiger partial charge is 0.261 e. The predicted molar refractivity (Wildman–Crippen MR) is 81.4 cm³/mol. The van der Waals surface area contributed by atoms with Gasteiger partial charge < -0.3 is 23.8 Å². The van der Waals surface area contributed by atoms with Crippen LogP contribution in [-0.2, 0) is 9.47 Å². The molecular weight excluding hydrogens is 286 g/mol. The van der Waals surface area contributed by atoms with E-state index < -0.39 is 5.79 Å². The van der Waals surface area contributed by atoms with E-state index in [1.807, 2.05) is 0 Å². The second-order valence-electron chi connectivity index (χ2n) is 5.15. The lowest BCUT2D eigenvalue weighted by molar-refractivity contribution is -0.226. The summed E-state index contributed by atoms with van der Waals surface area (Å²) in [6, 6.07) is 5.31. The third-order valence-corrected chi connectivity index (χ3v) is 4.20. The molecule has 122 valence electrons. The van der Waals surface area contributed by atoms with Gasteiger partial charge in [-0.15, -0.1) is 0 Å². The Bertz CT molecular complexity index is 495. The van der Waals surface area contributed by atoms with Gasteiger partial charge in [0.05, 0.1) is 14.2 Å². The van der Waals surface area contributed by atoms with E-state index in [2.05, 4.69) is 0 Å². The van der Waals surface area contributed by atoms with E-state index in [4.69, 9.17) is 18.9 Å². The summed E-state index contributed by atoms with van der Waals surface area (Å²) in [5.74, 6) is 0.330. The minimum Gasteiger partial charge on any atom is -0.496 e. The number of rotatable bonds is 5. The van der Waals surface area contributed by atoms with Crippen molar-refractivity contribution in [3.8, 4) is 11.5 Å². The van der Waals surface area contributed by atoms with Gasteiger partial charge in [0.25, 0.3) is 5.91 Å². The lowest BCUT2D eigenvalue weighted by atomic mass is 10.0. The zero-order valence-corrected chi connectivity index (χ0v) is 13.5. The Balaban J connectivity index is 2.20. The van der Waals surface area contributed by atoms with Crippen LogP contribution in [0.5, 0.6) is 11.5 Å². The Labute approximate surface area is 130 Å². The van der Waals surface area contributed by atoms with Gasteiger partial charge in [-0.25, -0.2) is 0 Å². The van der Waals surface area contributed by atoms with E-state index in [0.717, 1.165) is 0 Å². The fourth-order valence-corrected chi connectivity index (χ4v) is 2.76. The van der Waals surface area contributed by atoms with Gasteiger partial charge in [0.15, 0.2) is 5.79 Å². The maximum absolute atomic E-state index is 12.8. The van der Waals surface area contributed by atoms with Gasteiger partial charge in [-0.05, 0) is 12.1 Å². The van der Waals surface area contributed by atoms with Gasteiger partial charge in [-0.2, -0.15) is 0 Å². The van der Waals surface area contributed by atoms with Gasteiger partial charge in [0.1, 0.15) is 17.1 Å². The zero-order chi connectivity index (χ0) is 16.2. The molecule has 1 amide bonds. The summed E-state index contributed by atoms with van der Waals surface area (Å²) >= 11 is 0. The van der Waals surface area contributed by atoms with Crippen LogP contribution >= 0.6 is 0 Å². The van der Waals surface area contributed by atoms with Gasteiger partial charge in [0, 0.05) is 40.2 Å². The topological polar surface area (TPSA) is 57.2 Å². The molecule has 1 heterocycles.